The molecular formula is C14H20N4S. The normalized spacial score (nSPS) is 10.9. The molecule has 0 aliphatic carbocycles. The lowest BCUT2D eigenvalue weighted by molar-refractivity contribution is 0.775. The molecule has 0 bridgehead atoms. The Bertz CT molecular complexity index is 563. The number of aryl methyl sites for hydroxylation is 2. The van der Waals surface area contributed by atoms with Crippen LogP contribution in [-0.4, -0.2) is 21.0 Å². The van der Waals surface area contributed by atoms with Crippen LogP contribution in [0.3, 0.4) is 0 Å². The standard InChI is InChI=1S/C14H20N4S/c1-4-13-16-14(5-2)18(17-13)11-7-6-8-12(19-3)10(11)9-15/h6-8H,4-5,9,15H2,1-3H3. The van der Waals surface area contributed by atoms with Crippen molar-refractivity contribution < 1.29 is 0 Å². The summed E-state index contributed by atoms with van der Waals surface area (Å²) in [5, 5.41) is 4.59. The first-order valence-electron chi connectivity index (χ1n) is 6.56. The second kappa shape index (κ2) is 6.21. The summed E-state index contributed by atoms with van der Waals surface area (Å²) in [5.41, 5.74) is 8.11. The molecule has 2 rings (SSSR count). The molecule has 0 unspecified atom stereocenters. The van der Waals surface area contributed by atoms with Crippen molar-refractivity contribution in [2.45, 2.75) is 38.1 Å². The zero-order chi connectivity index (χ0) is 13.8. The topological polar surface area (TPSA) is 56.7 Å². The van der Waals surface area contributed by atoms with Crippen molar-refractivity contribution in [3.8, 4) is 5.69 Å². The fourth-order valence-corrected chi connectivity index (χ4v) is 2.76. The van der Waals surface area contributed by atoms with Crippen LogP contribution in [0.4, 0.5) is 0 Å². The highest BCUT2D eigenvalue weighted by molar-refractivity contribution is 7.98. The van der Waals surface area contributed by atoms with E-state index >= 15 is 0 Å². The largest absolute Gasteiger partial charge is 0.326 e. The Balaban J connectivity index is 2.60. The molecule has 1 heterocycles. The molecule has 2 aromatic rings. The average molecular weight is 276 g/mol. The quantitative estimate of drug-likeness (QED) is 0.853. The molecule has 2 N–H and O–H groups in total. The van der Waals surface area contributed by atoms with Gasteiger partial charge in [-0.1, -0.05) is 19.9 Å². The maximum absolute atomic E-state index is 5.92. The van der Waals surface area contributed by atoms with Gasteiger partial charge in [-0.3, -0.25) is 0 Å². The Kier molecular flexibility index (Phi) is 4.61. The van der Waals surface area contributed by atoms with Gasteiger partial charge >= 0.3 is 0 Å². The lowest BCUT2D eigenvalue weighted by atomic mass is 10.1. The average Bonchev–Trinajstić information content (AvgIpc) is 2.89. The highest BCUT2D eigenvalue weighted by Gasteiger charge is 2.14. The van der Waals surface area contributed by atoms with Gasteiger partial charge in [0.1, 0.15) is 5.82 Å². The number of thioether (sulfide) groups is 1. The zero-order valence-corrected chi connectivity index (χ0v) is 12.5. The van der Waals surface area contributed by atoms with E-state index in [1.54, 1.807) is 11.8 Å². The van der Waals surface area contributed by atoms with Gasteiger partial charge in [0.05, 0.1) is 5.69 Å². The van der Waals surface area contributed by atoms with Crippen LogP contribution in [0.15, 0.2) is 23.1 Å². The van der Waals surface area contributed by atoms with Crippen molar-refractivity contribution in [2.75, 3.05) is 6.26 Å². The molecule has 0 saturated carbocycles. The van der Waals surface area contributed by atoms with E-state index in [-0.39, 0.29) is 0 Å². The molecule has 0 radical (unpaired) electrons. The van der Waals surface area contributed by atoms with Gasteiger partial charge in [0.25, 0.3) is 0 Å². The second-order valence-electron chi connectivity index (χ2n) is 4.23. The summed E-state index contributed by atoms with van der Waals surface area (Å²) < 4.78 is 1.95. The zero-order valence-electron chi connectivity index (χ0n) is 11.7. The molecule has 19 heavy (non-hydrogen) atoms. The Morgan fingerprint density at radius 1 is 1.26 bits per heavy atom. The number of nitrogens with zero attached hydrogens (tertiary/aromatic N) is 3. The highest BCUT2D eigenvalue weighted by atomic mass is 32.2. The van der Waals surface area contributed by atoms with Gasteiger partial charge in [-0.05, 0) is 18.4 Å². The molecule has 0 spiro atoms. The summed E-state index contributed by atoms with van der Waals surface area (Å²) in [6, 6.07) is 6.21. The van der Waals surface area contributed by atoms with Gasteiger partial charge in [0.15, 0.2) is 5.82 Å². The van der Waals surface area contributed by atoms with E-state index in [1.807, 2.05) is 10.7 Å². The first-order valence-corrected chi connectivity index (χ1v) is 7.78. The van der Waals surface area contributed by atoms with Crippen LogP contribution in [0.5, 0.6) is 0 Å². The molecule has 0 saturated heterocycles. The van der Waals surface area contributed by atoms with Crippen LogP contribution in [0, 0.1) is 0 Å². The van der Waals surface area contributed by atoms with Crippen molar-refractivity contribution in [3.63, 3.8) is 0 Å². The third-order valence-corrected chi connectivity index (χ3v) is 3.93. The van der Waals surface area contributed by atoms with E-state index < -0.39 is 0 Å². The van der Waals surface area contributed by atoms with E-state index in [9.17, 15) is 0 Å². The molecule has 0 fully saturated rings. The second-order valence-corrected chi connectivity index (χ2v) is 5.07. The van der Waals surface area contributed by atoms with E-state index in [0.29, 0.717) is 6.54 Å². The van der Waals surface area contributed by atoms with Gasteiger partial charge < -0.3 is 5.73 Å². The van der Waals surface area contributed by atoms with Gasteiger partial charge in [0.2, 0.25) is 0 Å². The van der Waals surface area contributed by atoms with Crippen molar-refractivity contribution in [3.05, 3.63) is 35.4 Å². The number of hydrogen-bond acceptors (Lipinski definition) is 4. The number of aromatic nitrogens is 3. The van der Waals surface area contributed by atoms with Crippen LogP contribution >= 0.6 is 11.8 Å². The van der Waals surface area contributed by atoms with Gasteiger partial charge in [-0.15, -0.1) is 11.8 Å². The Hall–Kier alpha value is -1.33. The number of hydrogen-bond donors (Lipinski definition) is 1. The van der Waals surface area contributed by atoms with Gasteiger partial charge in [-0.2, -0.15) is 5.10 Å². The van der Waals surface area contributed by atoms with Crippen molar-refractivity contribution in [2.24, 2.45) is 5.73 Å². The predicted molar refractivity (Wildman–Crippen MR) is 79.8 cm³/mol. The Morgan fingerprint density at radius 2 is 2.05 bits per heavy atom. The molecule has 1 aromatic carbocycles. The molecule has 0 aliphatic rings. The lowest BCUT2D eigenvalue weighted by Gasteiger charge is -2.13. The van der Waals surface area contributed by atoms with Crippen LogP contribution < -0.4 is 5.73 Å². The third kappa shape index (κ3) is 2.67. The first-order chi connectivity index (χ1) is 9.24. The first kappa shape index (κ1) is 14.1. The van der Waals surface area contributed by atoms with Crippen LogP contribution in [0.1, 0.15) is 31.1 Å². The SMILES string of the molecule is CCc1nc(CC)n(-c2cccc(SC)c2CN)n1. The van der Waals surface area contributed by atoms with Crippen molar-refractivity contribution in [1.29, 1.82) is 0 Å². The predicted octanol–water partition coefficient (Wildman–Crippen LogP) is 2.57. The van der Waals surface area contributed by atoms with E-state index in [0.717, 1.165) is 35.7 Å². The molecule has 0 aliphatic heterocycles. The number of rotatable bonds is 5. The van der Waals surface area contributed by atoms with Gasteiger partial charge in [0, 0.05) is 29.8 Å². The summed E-state index contributed by atoms with van der Waals surface area (Å²) >= 11 is 1.71. The van der Waals surface area contributed by atoms with E-state index in [2.05, 4.69) is 42.3 Å². The molecule has 0 atom stereocenters. The molecule has 5 heteroatoms. The monoisotopic (exact) mass is 276 g/mol. The summed E-state index contributed by atoms with van der Waals surface area (Å²) in [6.45, 7) is 4.68. The highest BCUT2D eigenvalue weighted by Crippen LogP contribution is 2.26. The fourth-order valence-electron chi connectivity index (χ4n) is 2.11. The third-order valence-electron chi connectivity index (χ3n) is 3.11. The number of benzene rings is 1. The van der Waals surface area contributed by atoms with E-state index in [4.69, 9.17) is 5.73 Å². The summed E-state index contributed by atoms with van der Waals surface area (Å²) in [7, 11) is 0. The summed E-state index contributed by atoms with van der Waals surface area (Å²) in [6.07, 6.45) is 3.78. The van der Waals surface area contributed by atoms with Gasteiger partial charge in [-0.25, -0.2) is 9.67 Å². The molecule has 102 valence electrons. The fraction of sp³-hybridized carbons (Fsp3) is 0.429. The van der Waals surface area contributed by atoms with E-state index in [1.165, 1.54) is 4.90 Å². The summed E-state index contributed by atoms with van der Waals surface area (Å²) in [5.74, 6) is 1.87. The van der Waals surface area contributed by atoms with Crippen LogP contribution in [0.2, 0.25) is 0 Å². The molecule has 1 aromatic heterocycles. The summed E-state index contributed by atoms with van der Waals surface area (Å²) in [4.78, 5) is 5.76. The Morgan fingerprint density at radius 3 is 2.63 bits per heavy atom. The lowest BCUT2D eigenvalue weighted by Crippen LogP contribution is -2.09. The Labute approximate surface area is 118 Å². The molecule has 0 amide bonds. The minimum atomic E-state index is 0.511. The minimum absolute atomic E-state index is 0.511. The van der Waals surface area contributed by atoms with Crippen LogP contribution in [-0.2, 0) is 19.4 Å². The maximum atomic E-state index is 5.92. The number of nitrogens with two attached hydrogens (primary N) is 1. The maximum Gasteiger partial charge on any atom is 0.151 e. The molecule has 4 nitrogen and oxygen atoms in total. The van der Waals surface area contributed by atoms with Crippen LogP contribution in [0.25, 0.3) is 5.69 Å². The van der Waals surface area contributed by atoms with Crippen molar-refractivity contribution in [1.82, 2.24) is 14.8 Å². The smallest absolute Gasteiger partial charge is 0.151 e. The van der Waals surface area contributed by atoms with Crippen molar-refractivity contribution >= 4 is 11.8 Å². The molecular weight excluding hydrogens is 256 g/mol. The minimum Gasteiger partial charge on any atom is -0.326 e.